The molecule has 1 aromatic carbocycles. The smallest absolute Gasteiger partial charge is 0.306 e. The molecule has 0 saturated heterocycles. The van der Waals surface area contributed by atoms with Gasteiger partial charge >= 0.3 is 5.97 Å². The molecule has 94 valence electrons. The van der Waals surface area contributed by atoms with Gasteiger partial charge in [-0.1, -0.05) is 6.07 Å². The van der Waals surface area contributed by atoms with E-state index in [-0.39, 0.29) is 5.92 Å². The number of hydrogen-bond acceptors (Lipinski definition) is 1. The lowest BCUT2D eigenvalue weighted by molar-refractivity contribution is -0.142. The zero-order valence-electron chi connectivity index (χ0n) is 10.2. The van der Waals surface area contributed by atoms with Gasteiger partial charge in [-0.25, -0.2) is 0 Å². The standard InChI is InChI=1S/C15H17NO2/c17-15(18)11-3-1-10(2-4-11)12-5-6-14-13(9-12)7-8-16-14/h5-11,16H,1-4H2,(H,17,18). The van der Waals surface area contributed by atoms with Gasteiger partial charge in [-0.05, 0) is 60.7 Å². The topological polar surface area (TPSA) is 53.1 Å². The second kappa shape index (κ2) is 4.48. The van der Waals surface area contributed by atoms with E-state index in [1.165, 1.54) is 10.9 Å². The molecule has 0 amide bonds. The van der Waals surface area contributed by atoms with Crippen LogP contribution in [0.4, 0.5) is 0 Å². The highest BCUT2D eigenvalue weighted by Crippen LogP contribution is 2.36. The number of carboxylic acids is 1. The summed E-state index contributed by atoms with van der Waals surface area (Å²) in [6.07, 6.45) is 5.56. The van der Waals surface area contributed by atoms with Crippen LogP contribution in [0.5, 0.6) is 0 Å². The number of hydrogen-bond donors (Lipinski definition) is 2. The van der Waals surface area contributed by atoms with Crippen molar-refractivity contribution in [3.8, 4) is 0 Å². The van der Waals surface area contributed by atoms with E-state index in [2.05, 4.69) is 29.2 Å². The predicted molar refractivity (Wildman–Crippen MR) is 70.6 cm³/mol. The fraction of sp³-hybridized carbons (Fsp3) is 0.400. The van der Waals surface area contributed by atoms with Gasteiger partial charge in [0.1, 0.15) is 0 Å². The van der Waals surface area contributed by atoms with Gasteiger partial charge in [0.2, 0.25) is 0 Å². The maximum Gasteiger partial charge on any atom is 0.306 e. The fourth-order valence-electron chi connectivity index (χ4n) is 3.00. The predicted octanol–water partition coefficient (Wildman–Crippen LogP) is 3.53. The number of fused-ring (bicyclic) bond motifs is 1. The third-order valence-corrected chi connectivity index (χ3v) is 4.13. The van der Waals surface area contributed by atoms with E-state index in [1.807, 2.05) is 6.20 Å². The Morgan fingerprint density at radius 3 is 2.67 bits per heavy atom. The van der Waals surface area contributed by atoms with Gasteiger partial charge in [-0.15, -0.1) is 0 Å². The SMILES string of the molecule is O=C(O)C1CCC(c2ccc3[nH]ccc3c2)CC1. The van der Waals surface area contributed by atoms with E-state index in [4.69, 9.17) is 5.11 Å². The molecule has 0 spiro atoms. The summed E-state index contributed by atoms with van der Waals surface area (Å²) in [4.78, 5) is 14.1. The highest BCUT2D eigenvalue weighted by molar-refractivity contribution is 5.80. The number of carbonyl (C=O) groups is 1. The van der Waals surface area contributed by atoms with Crippen LogP contribution in [0.3, 0.4) is 0 Å². The van der Waals surface area contributed by atoms with Gasteiger partial charge in [0.25, 0.3) is 0 Å². The molecule has 0 atom stereocenters. The molecule has 18 heavy (non-hydrogen) atoms. The van der Waals surface area contributed by atoms with Crippen molar-refractivity contribution in [2.45, 2.75) is 31.6 Å². The Kier molecular flexibility index (Phi) is 2.82. The van der Waals surface area contributed by atoms with Crippen molar-refractivity contribution in [1.29, 1.82) is 0 Å². The van der Waals surface area contributed by atoms with Crippen molar-refractivity contribution >= 4 is 16.9 Å². The summed E-state index contributed by atoms with van der Waals surface area (Å²) in [6, 6.07) is 8.61. The van der Waals surface area contributed by atoms with E-state index in [1.54, 1.807) is 0 Å². The van der Waals surface area contributed by atoms with Crippen LogP contribution in [0.15, 0.2) is 30.5 Å². The first kappa shape index (κ1) is 11.3. The average Bonchev–Trinajstić information content (AvgIpc) is 2.86. The van der Waals surface area contributed by atoms with Crippen LogP contribution in [0, 0.1) is 5.92 Å². The minimum Gasteiger partial charge on any atom is -0.481 e. The summed E-state index contributed by atoms with van der Waals surface area (Å²) in [5.41, 5.74) is 2.52. The number of aromatic nitrogens is 1. The first-order valence-corrected chi connectivity index (χ1v) is 6.54. The summed E-state index contributed by atoms with van der Waals surface area (Å²) in [6.45, 7) is 0. The summed E-state index contributed by atoms with van der Waals surface area (Å²) in [7, 11) is 0. The van der Waals surface area contributed by atoms with E-state index < -0.39 is 5.97 Å². The van der Waals surface area contributed by atoms with Crippen molar-refractivity contribution in [2.24, 2.45) is 5.92 Å². The molecule has 3 heteroatoms. The van der Waals surface area contributed by atoms with Crippen LogP contribution in [-0.4, -0.2) is 16.1 Å². The molecule has 1 aliphatic carbocycles. The maximum absolute atomic E-state index is 10.9. The molecular formula is C15H17NO2. The lowest BCUT2D eigenvalue weighted by Crippen LogP contribution is -2.20. The first-order chi connectivity index (χ1) is 8.74. The molecule has 1 heterocycles. The van der Waals surface area contributed by atoms with Crippen molar-refractivity contribution in [3.05, 3.63) is 36.0 Å². The van der Waals surface area contributed by atoms with Crippen LogP contribution in [0.2, 0.25) is 0 Å². The molecule has 0 bridgehead atoms. The van der Waals surface area contributed by atoms with E-state index in [9.17, 15) is 4.79 Å². The molecule has 3 nitrogen and oxygen atoms in total. The number of carboxylic acid groups (broad SMARTS) is 1. The van der Waals surface area contributed by atoms with Crippen molar-refractivity contribution < 1.29 is 9.90 Å². The van der Waals surface area contributed by atoms with Gasteiger partial charge in [0.15, 0.2) is 0 Å². The molecule has 0 unspecified atom stereocenters. The molecule has 1 aliphatic rings. The fourth-order valence-corrected chi connectivity index (χ4v) is 3.00. The van der Waals surface area contributed by atoms with Crippen LogP contribution in [-0.2, 0) is 4.79 Å². The normalized spacial score (nSPS) is 24.2. The van der Waals surface area contributed by atoms with E-state index in [0.29, 0.717) is 5.92 Å². The van der Waals surface area contributed by atoms with Gasteiger partial charge in [-0.3, -0.25) is 4.79 Å². The molecule has 3 rings (SSSR count). The van der Waals surface area contributed by atoms with Crippen molar-refractivity contribution in [2.75, 3.05) is 0 Å². The summed E-state index contributed by atoms with van der Waals surface area (Å²) in [5.74, 6) is -0.230. The second-order valence-corrected chi connectivity index (χ2v) is 5.21. The van der Waals surface area contributed by atoms with E-state index >= 15 is 0 Å². The maximum atomic E-state index is 10.9. The molecule has 1 aromatic heterocycles. The van der Waals surface area contributed by atoms with Gasteiger partial charge < -0.3 is 10.1 Å². The molecular weight excluding hydrogens is 226 g/mol. The third kappa shape index (κ3) is 2.01. The third-order valence-electron chi connectivity index (χ3n) is 4.13. The second-order valence-electron chi connectivity index (χ2n) is 5.21. The summed E-state index contributed by atoms with van der Waals surface area (Å²) >= 11 is 0. The molecule has 2 aromatic rings. The van der Waals surface area contributed by atoms with Crippen LogP contribution < -0.4 is 0 Å². The quantitative estimate of drug-likeness (QED) is 0.847. The first-order valence-electron chi connectivity index (χ1n) is 6.54. The number of H-pyrrole nitrogens is 1. The van der Waals surface area contributed by atoms with Crippen molar-refractivity contribution in [3.63, 3.8) is 0 Å². The van der Waals surface area contributed by atoms with Crippen molar-refractivity contribution in [1.82, 2.24) is 4.98 Å². The Morgan fingerprint density at radius 2 is 1.94 bits per heavy atom. The number of aliphatic carboxylic acids is 1. The molecule has 1 fully saturated rings. The Hall–Kier alpha value is -1.77. The lowest BCUT2D eigenvalue weighted by atomic mass is 9.78. The minimum atomic E-state index is -0.630. The zero-order chi connectivity index (χ0) is 12.5. The van der Waals surface area contributed by atoms with Gasteiger partial charge in [0, 0.05) is 11.7 Å². The van der Waals surface area contributed by atoms with Gasteiger partial charge in [-0.2, -0.15) is 0 Å². The van der Waals surface area contributed by atoms with Crippen LogP contribution in [0.25, 0.3) is 10.9 Å². The molecule has 1 saturated carbocycles. The monoisotopic (exact) mass is 243 g/mol. The Balaban J connectivity index is 1.77. The highest BCUT2D eigenvalue weighted by atomic mass is 16.4. The Labute approximate surface area is 106 Å². The lowest BCUT2D eigenvalue weighted by Gasteiger charge is -2.26. The minimum absolute atomic E-state index is 0.128. The number of nitrogens with one attached hydrogen (secondary N) is 1. The van der Waals surface area contributed by atoms with E-state index in [0.717, 1.165) is 31.2 Å². The average molecular weight is 243 g/mol. The Morgan fingerprint density at radius 1 is 1.17 bits per heavy atom. The van der Waals surface area contributed by atoms with Gasteiger partial charge in [0.05, 0.1) is 5.92 Å². The molecule has 0 radical (unpaired) electrons. The molecule has 0 aliphatic heterocycles. The van der Waals surface area contributed by atoms with Crippen LogP contribution in [0.1, 0.15) is 37.2 Å². The molecule has 2 N–H and O–H groups in total. The number of benzene rings is 1. The highest BCUT2D eigenvalue weighted by Gasteiger charge is 2.26. The van der Waals surface area contributed by atoms with Crippen LogP contribution >= 0.6 is 0 Å². The summed E-state index contributed by atoms with van der Waals surface area (Å²) < 4.78 is 0. The number of rotatable bonds is 2. The summed E-state index contributed by atoms with van der Waals surface area (Å²) in [5, 5.41) is 10.2. The zero-order valence-corrected chi connectivity index (χ0v) is 10.2. The number of aromatic amines is 1. The largest absolute Gasteiger partial charge is 0.481 e. The Bertz CT molecular complexity index is 565.